The van der Waals surface area contributed by atoms with E-state index >= 15 is 0 Å². The Balaban J connectivity index is 1.48. The molecule has 1 aromatic carbocycles. The molecule has 1 aliphatic heterocycles. The molecule has 1 atom stereocenters. The van der Waals surface area contributed by atoms with E-state index in [1.54, 1.807) is 6.20 Å². The third-order valence-electron chi connectivity index (χ3n) is 4.84. The summed E-state index contributed by atoms with van der Waals surface area (Å²) in [6.07, 6.45) is 2.39. The average Bonchev–Trinajstić information content (AvgIpc) is 3.31. The zero-order valence-electron chi connectivity index (χ0n) is 16.2. The number of hydrogen-bond acceptors (Lipinski definition) is 6. The van der Waals surface area contributed by atoms with Crippen molar-refractivity contribution in [3.8, 4) is 11.5 Å². The molecule has 1 fully saturated rings. The lowest BCUT2D eigenvalue weighted by molar-refractivity contribution is -0.117. The Kier molecular flexibility index (Phi) is 4.81. The van der Waals surface area contributed by atoms with Gasteiger partial charge in [-0.2, -0.15) is 4.98 Å². The van der Waals surface area contributed by atoms with Crippen LogP contribution in [-0.2, 0) is 4.79 Å². The predicted molar refractivity (Wildman–Crippen MR) is 107 cm³/mol. The van der Waals surface area contributed by atoms with Crippen LogP contribution in [0.25, 0.3) is 11.5 Å². The quantitative estimate of drug-likeness (QED) is 0.728. The van der Waals surface area contributed by atoms with Crippen molar-refractivity contribution in [2.45, 2.75) is 39.2 Å². The van der Waals surface area contributed by atoms with Gasteiger partial charge in [0.25, 0.3) is 5.89 Å². The average molecular weight is 377 g/mol. The van der Waals surface area contributed by atoms with Crippen LogP contribution in [0.4, 0.5) is 11.5 Å². The van der Waals surface area contributed by atoms with Crippen molar-refractivity contribution in [1.82, 2.24) is 15.1 Å². The minimum absolute atomic E-state index is 0.0518. The second kappa shape index (κ2) is 7.42. The molecule has 1 unspecified atom stereocenters. The number of carbonyl (C=O) groups is 1. The van der Waals surface area contributed by atoms with Gasteiger partial charge in [-0.1, -0.05) is 36.7 Å². The Morgan fingerprint density at radius 3 is 2.71 bits per heavy atom. The molecule has 1 amide bonds. The van der Waals surface area contributed by atoms with Gasteiger partial charge in [-0.15, -0.1) is 0 Å². The number of aromatic nitrogens is 3. The molecular formula is C21H23N5O2. The standard InChI is InChI=1S/C21H23N5O2/c1-13(2)19-24-20(28-25-19)15-8-10-22-18(12-15)23-17-9-11-26(21(17)27)16-6-4-14(3)5-7-16/h4-8,10,12-13,17H,9,11H2,1-3H3,(H,22,23). The third-order valence-corrected chi connectivity index (χ3v) is 4.84. The molecule has 7 heteroatoms. The third kappa shape index (κ3) is 3.60. The molecule has 1 saturated heterocycles. The first-order valence-electron chi connectivity index (χ1n) is 9.46. The maximum absolute atomic E-state index is 12.8. The van der Waals surface area contributed by atoms with E-state index in [-0.39, 0.29) is 17.9 Å². The van der Waals surface area contributed by atoms with Gasteiger partial charge in [0.15, 0.2) is 5.82 Å². The highest BCUT2D eigenvalue weighted by Gasteiger charge is 2.32. The van der Waals surface area contributed by atoms with Gasteiger partial charge in [0.1, 0.15) is 11.9 Å². The summed E-state index contributed by atoms with van der Waals surface area (Å²) in [5.41, 5.74) is 2.87. The minimum atomic E-state index is -0.307. The van der Waals surface area contributed by atoms with E-state index in [0.717, 1.165) is 17.7 Å². The second-order valence-electron chi connectivity index (χ2n) is 7.35. The summed E-state index contributed by atoms with van der Waals surface area (Å²) in [4.78, 5) is 23.4. The maximum atomic E-state index is 12.8. The van der Waals surface area contributed by atoms with Crippen LogP contribution in [0.3, 0.4) is 0 Å². The van der Waals surface area contributed by atoms with E-state index in [4.69, 9.17) is 4.52 Å². The van der Waals surface area contributed by atoms with E-state index < -0.39 is 0 Å². The van der Waals surface area contributed by atoms with Gasteiger partial charge in [0.2, 0.25) is 5.91 Å². The van der Waals surface area contributed by atoms with Crippen molar-refractivity contribution < 1.29 is 9.32 Å². The number of hydrogen-bond donors (Lipinski definition) is 1. The number of pyridine rings is 1. The molecule has 0 saturated carbocycles. The molecule has 2 aromatic heterocycles. The van der Waals surface area contributed by atoms with E-state index in [2.05, 4.69) is 20.4 Å². The number of carbonyl (C=O) groups excluding carboxylic acids is 1. The van der Waals surface area contributed by atoms with Crippen LogP contribution in [0.1, 0.15) is 37.6 Å². The van der Waals surface area contributed by atoms with Gasteiger partial charge < -0.3 is 14.7 Å². The molecule has 7 nitrogen and oxygen atoms in total. The SMILES string of the molecule is Cc1ccc(N2CCC(Nc3cc(-c4nc(C(C)C)no4)ccn3)C2=O)cc1. The number of benzene rings is 1. The Morgan fingerprint density at radius 2 is 2.00 bits per heavy atom. The van der Waals surface area contributed by atoms with Crippen LogP contribution in [0.15, 0.2) is 47.1 Å². The highest BCUT2D eigenvalue weighted by atomic mass is 16.5. The van der Waals surface area contributed by atoms with Gasteiger partial charge in [-0.3, -0.25) is 4.79 Å². The second-order valence-corrected chi connectivity index (χ2v) is 7.35. The lowest BCUT2D eigenvalue weighted by Crippen LogP contribution is -2.33. The number of aryl methyl sites for hydroxylation is 1. The summed E-state index contributed by atoms with van der Waals surface area (Å²) >= 11 is 0. The Morgan fingerprint density at radius 1 is 1.21 bits per heavy atom. The first kappa shape index (κ1) is 18.2. The lowest BCUT2D eigenvalue weighted by Gasteiger charge is -2.17. The monoisotopic (exact) mass is 377 g/mol. The molecule has 0 aliphatic carbocycles. The summed E-state index contributed by atoms with van der Waals surface area (Å²) in [6.45, 7) is 6.74. The Bertz CT molecular complexity index is 980. The van der Waals surface area contributed by atoms with Crippen LogP contribution >= 0.6 is 0 Å². The molecule has 0 radical (unpaired) electrons. The fourth-order valence-electron chi connectivity index (χ4n) is 3.20. The number of nitrogens with one attached hydrogen (secondary N) is 1. The van der Waals surface area contributed by atoms with Gasteiger partial charge in [0.05, 0.1) is 0 Å². The molecule has 3 aromatic rings. The fourth-order valence-corrected chi connectivity index (χ4v) is 3.20. The first-order chi connectivity index (χ1) is 13.5. The van der Waals surface area contributed by atoms with Gasteiger partial charge in [-0.25, -0.2) is 4.98 Å². The summed E-state index contributed by atoms with van der Waals surface area (Å²) in [5.74, 6) is 1.98. The highest BCUT2D eigenvalue weighted by molar-refractivity contribution is 6.00. The van der Waals surface area contributed by atoms with Crippen LogP contribution < -0.4 is 10.2 Å². The van der Waals surface area contributed by atoms with E-state index in [0.29, 0.717) is 24.1 Å². The molecule has 28 heavy (non-hydrogen) atoms. The lowest BCUT2D eigenvalue weighted by atomic mass is 10.2. The first-order valence-corrected chi connectivity index (χ1v) is 9.46. The molecule has 0 bridgehead atoms. The van der Waals surface area contributed by atoms with Crippen molar-refractivity contribution in [2.24, 2.45) is 0 Å². The van der Waals surface area contributed by atoms with Crippen LogP contribution in [-0.4, -0.2) is 33.6 Å². The number of nitrogens with zero attached hydrogens (tertiary/aromatic N) is 4. The zero-order valence-corrected chi connectivity index (χ0v) is 16.2. The van der Waals surface area contributed by atoms with Crippen molar-refractivity contribution in [2.75, 3.05) is 16.8 Å². The summed E-state index contributed by atoms with van der Waals surface area (Å²) in [5, 5.41) is 7.25. The van der Waals surface area contributed by atoms with E-state index in [1.165, 1.54) is 5.56 Å². The van der Waals surface area contributed by atoms with Crippen molar-refractivity contribution in [3.05, 3.63) is 54.0 Å². The Hall–Kier alpha value is -3.22. The number of rotatable bonds is 5. The van der Waals surface area contributed by atoms with Crippen LogP contribution in [0.5, 0.6) is 0 Å². The largest absolute Gasteiger partial charge is 0.358 e. The normalized spacial score (nSPS) is 16.8. The zero-order chi connectivity index (χ0) is 19.7. The predicted octanol–water partition coefficient (Wildman–Crippen LogP) is 3.78. The van der Waals surface area contributed by atoms with Gasteiger partial charge >= 0.3 is 0 Å². The van der Waals surface area contributed by atoms with Crippen molar-refractivity contribution in [1.29, 1.82) is 0 Å². The summed E-state index contributed by atoms with van der Waals surface area (Å²) < 4.78 is 5.35. The van der Waals surface area contributed by atoms with Crippen LogP contribution in [0, 0.1) is 6.92 Å². The van der Waals surface area contributed by atoms with Crippen LogP contribution in [0.2, 0.25) is 0 Å². The summed E-state index contributed by atoms with van der Waals surface area (Å²) in [7, 11) is 0. The molecule has 3 heterocycles. The van der Waals surface area contributed by atoms with Crippen molar-refractivity contribution in [3.63, 3.8) is 0 Å². The van der Waals surface area contributed by atoms with E-state index in [9.17, 15) is 4.79 Å². The van der Waals surface area contributed by atoms with E-state index in [1.807, 2.05) is 62.1 Å². The molecule has 0 spiro atoms. The Labute approximate surface area is 163 Å². The van der Waals surface area contributed by atoms with Gasteiger partial charge in [0, 0.05) is 29.9 Å². The summed E-state index contributed by atoms with van der Waals surface area (Å²) in [6, 6.07) is 11.3. The smallest absolute Gasteiger partial charge is 0.258 e. The molecule has 4 rings (SSSR count). The minimum Gasteiger partial charge on any atom is -0.358 e. The number of amides is 1. The number of anilines is 2. The molecular weight excluding hydrogens is 354 g/mol. The van der Waals surface area contributed by atoms with Gasteiger partial charge in [-0.05, 0) is 37.6 Å². The maximum Gasteiger partial charge on any atom is 0.258 e. The van der Waals surface area contributed by atoms with Crippen molar-refractivity contribution >= 4 is 17.4 Å². The fraction of sp³-hybridized carbons (Fsp3) is 0.333. The highest BCUT2D eigenvalue weighted by Crippen LogP contribution is 2.26. The molecule has 1 N–H and O–H groups in total. The molecule has 1 aliphatic rings. The topological polar surface area (TPSA) is 84.2 Å². The molecule has 144 valence electrons.